The van der Waals surface area contributed by atoms with E-state index in [1.165, 1.54) is 17.7 Å². The summed E-state index contributed by atoms with van der Waals surface area (Å²) in [5.74, 6) is 7.07. The second-order valence-electron chi connectivity index (χ2n) is 10.1. The van der Waals surface area contributed by atoms with Crippen LogP contribution >= 0.6 is 11.3 Å². The highest BCUT2D eigenvalue weighted by Crippen LogP contribution is 2.40. The predicted molar refractivity (Wildman–Crippen MR) is 131 cm³/mol. The molecule has 1 fully saturated rings. The monoisotopic (exact) mass is 481 g/mol. The molecule has 2 aromatic heterocycles. The van der Waals surface area contributed by atoms with E-state index in [0.717, 1.165) is 30.6 Å². The molecular weight excluding hydrogens is 450 g/mol. The van der Waals surface area contributed by atoms with E-state index in [-0.39, 0.29) is 23.8 Å². The van der Waals surface area contributed by atoms with Crippen molar-refractivity contribution in [1.82, 2.24) is 9.97 Å². The lowest BCUT2D eigenvalue weighted by molar-refractivity contribution is -0.126. The summed E-state index contributed by atoms with van der Waals surface area (Å²) in [7, 11) is 0. The fourth-order valence-electron chi connectivity index (χ4n) is 4.19. The van der Waals surface area contributed by atoms with Gasteiger partial charge in [0.15, 0.2) is 12.0 Å². The second kappa shape index (κ2) is 10.1. The number of esters is 1. The molecule has 1 aliphatic heterocycles. The first kappa shape index (κ1) is 24.2. The number of anilines is 1. The minimum Gasteiger partial charge on any atom is -0.490 e. The molecule has 8 heteroatoms. The number of aromatic nitrogens is 2. The molecule has 0 saturated heterocycles. The third-order valence-electron chi connectivity index (χ3n) is 6.02. The first-order valence-electron chi connectivity index (χ1n) is 11.8. The highest BCUT2D eigenvalue weighted by Gasteiger charge is 2.41. The summed E-state index contributed by atoms with van der Waals surface area (Å²) in [5, 5.41) is 0. The summed E-state index contributed by atoms with van der Waals surface area (Å²) in [6.45, 7) is 8.60. The fourth-order valence-corrected chi connectivity index (χ4v) is 5.08. The molecule has 2 aliphatic rings. The van der Waals surface area contributed by atoms with Gasteiger partial charge in [0.05, 0.1) is 29.6 Å². The molecule has 0 aromatic carbocycles. The molecule has 0 unspecified atom stereocenters. The number of carbonyl (C=O) groups excluding carboxylic acids is 2. The Labute approximate surface area is 204 Å². The van der Waals surface area contributed by atoms with Crippen LogP contribution in [0.3, 0.4) is 0 Å². The molecule has 0 radical (unpaired) electrons. The first-order chi connectivity index (χ1) is 16.2. The van der Waals surface area contributed by atoms with Gasteiger partial charge in [-0.05, 0) is 58.4 Å². The van der Waals surface area contributed by atoms with E-state index in [1.807, 2.05) is 26.8 Å². The van der Waals surface area contributed by atoms with Gasteiger partial charge in [-0.1, -0.05) is 18.8 Å². The van der Waals surface area contributed by atoms with Crippen molar-refractivity contribution in [1.29, 1.82) is 0 Å². The Kier molecular flexibility index (Phi) is 7.22. The van der Waals surface area contributed by atoms with Crippen molar-refractivity contribution in [2.24, 2.45) is 17.3 Å². The Balaban J connectivity index is 1.60. The molecule has 1 saturated carbocycles. The van der Waals surface area contributed by atoms with Crippen LogP contribution in [0.4, 0.5) is 5.69 Å². The Hall–Kier alpha value is -2.92. The predicted octanol–water partition coefficient (Wildman–Crippen LogP) is 5.06. The van der Waals surface area contributed by atoms with E-state index in [4.69, 9.17) is 9.47 Å². The number of rotatable bonds is 5. The van der Waals surface area contributed by atoms with Crippen LogP contribution in [0.5, 0.6) is 5.75 Å². The smallest absolute Gasteiger partial charge is 0.352 e. The molecule has 1 amide bonds. The number of carbonyl (C=O) groups is 2. The van der Waals surface area contributed by atoms with Crippen molar-refractivity contribution < 1.29 is 19.1 Å². The van der Waals surface area contributed by atoms with Gasteiger partial charge in [0.1, 0.15) is 11.2 Å². The molecule has 3 heterocycles. The number of nitrogens with zero attached hydrogens (tertiary/aromatic N) is 3. The molecule has 0 N–H and O–H groups in total. The fraction of sp³-hybridized carbons (Fsp3) is 0.538. The van der Waals surface area contributed by atoms with Gasteiger partial charge in [0.2, 0.25) is 5.91 Å². The van der Waals surface area contributed by atoms with Crippen molar-refractivity contribution in [3.63, 3.8) is 0 Å². The molecule has 34 heavy (non-hydrogen) atoms. The number of hydrogen-bond acceptors (Lipinski definition) is 7. The van der Waals surface area contributed by atoms with Crippen LogP contribution in [0.25, 0.3) is 0 Å². The Bertz CT molecular complexity index is 1090. The minimum absolute atomic E-state index is 0.0156. The lowest BCUT2D eigenvalue weighted by atomic mass is 9.82. The van der Waals surface area contributed by atoms with Gasteiger partial charge in [-0.2, -0.15) is 0 Å². The van der Waals surface area contributed by atoms with Crippen LogP contribution in [0.15, 0.2) is 24.8 Å². The number of amides is 1. The summed E-state index contributed by atoms with van der Waals surface area (Å²) < 4.78 is 11.5. The maximum atomic E-state index is 13.7. The SMILES string of the molecule is CC(C)(C)C#Cc1cc2c(s1)C(=O)O[C@@H](CCOc1cncnc1)N2C(=O)[C@H]1CC[C@H](C)CC1. The third-order valence-corrected chi connectivity index (χ3v) is 7.04. The molecule has 0 spiro atoms. The summed E-state index contributed by atoms with van der Waals surface area (Å²) in [6, 6.07) is 1.86. The maximum absolute atomic E-state index is 13.7. The van der Waals surface area contributed by atoms with E-state index in [9.17, 15) is 9.59 Å². The number of thiophene rings is 1. The maximum Gasteiger partial charge on any atom is 0.352 e. The third kappa shape index (κ3) is 5.76. The van der Waals surface area contributed by atoms with Crippen LogP contribution in [0, 0.1) is 29.1 Å². The zero-order valence-electron chi connectivity index (χ0n) is 20.2. The zero-order chi connectivity index (χ0) is 24.3. The van der Waals surface area contributed by atoms with Crippen LogP contribution in [-0.2, 0) is 9.53 Å². The molecular formula is C26H31N3O4S. The number of fused-ring (bicyclic) bond motifs is 1. The second-order valence-corrected chi connectivity index (χ2v) is 11.1. The molecule has 4 rings (SSSR count). The Morgan fingerprint density at radius 1 is 1.24 bits per heavy atom. The lowest BCUT2D eigenvalue weighted by Crippen LogP contribution is -2.50. The summed E-state index contributed by atoms with van der Waals surface area (Å²) in [5.41, 5.74) is 0.441. The number of ether oxygens (including phenoxy) is 2. The normalized spacial score (nSPS) is 22.3. The van der Waals surface area contributed by atoms with Gasteiger partial charge in [-0.25, -0.2) is 14.8 Å². The molecule has 0 bridgehead atoms. The standard InChI is InChI=1S/C26H31N3O4S/c1-17-5-7-18(8-6-17)24(30)29-21-13-20(9-11-26(2,3)4)34-23(21)25(31)33-22(29)10-12-32-19-14-27-16-28-15-19/h13-18,22H,5-8,10,12H2,1-4H3/t17-,18-,22-/m0/s1. The van der Waals surface area contributed by atoms with Gasteiger partial charge < -0.3 is 9.47 Å². The van der Waals surface area contributed by atoms with Crippen molar-refractivity contribution in [2.45, 2.75) is 66.0 Å². The van der Waals surface area contributed by atoms with Crippen LogP contribution < -0.4 is 9.64 Å². The van der Waals surface area contributed by atoms with Gasteiger partial charge in [0.25, 0.3) is 0 Å². The van der Waals surface area contributed by atoms with Crippen molar-refractivity contribution >= 4 is 28.9 Å². The molecule has 180 valence electrons. The van der Waals surface area contributed by atoms with Crippen LogP contribution in [-0.4, -0.2) is 34.7 Å². The summed E-state index contributed by atoms with van der Waals surface area (Å²) >= 11 is 1.29. The Morgan fingerprint density at radius 3 is 2.62 bits per heavy atom. The van der Waals surface area contributed by atoms with Gasteiger partial charge in [-0.15, -0.1) is 11.3 Å². The largest absolute Gasteiger partial charge is 0.490 e. The van der Waals surface area contributed by atoms with E-state index in [1.54, 1.807) is 17.3 Å². The van der Waals surface area contributed by atoms with Crippen molar-refractivity contribution in [3.05, 3.63) is 34.5 Å². The van der Waals surface area contributed by atoms with E-state index < -0.39 is 12.2 Å². The van der Waals surface area contributed by atoms with Crippen molar-refractivity contribution in [2.75, 3.05) is 11.5 Å². The van der Waals surface area contributed by atoms with Crippen molar-refractivity contribution in [3.8, 4) is 17.6 Å². The minimum atomic E-state index is -0.727. The highest BCUT2D eigenvalue weighted by atomic mass is 32.1. The van der Waals surface area contributed by atoms with E-state index in [2.05, 4.69) is 28.7 Å². The van der Waals surface area contributed by atoms with Gasteiger partial charge in [0, 0.05) is 17.8 Å². The molecule has 2 aromatic rings. The highest BCUT2D eigenvalue weighted by molar-refractivity contribution is 7.15. The average Bonchev–Trinajstić information content (AvgIpc) is 3.23. The summed E-state index contributed by atoms with van der Waals surface area (Å²) in [6.07, 6.45) is 7.96. The lowest BCUT2D eigenvalue weighted by Gasteiger charge is -2.38. The summed E-state index contributed by atoms with van der Waals surface area (Å²) in [4.78, 5) is 37.4. The number of hydrogen-bond donors (Lipinski definition) is 0. The molecule has 1 aliphatic carbocycles. The quantitative estimate of drug-likeness (QED) is 0.439. The first-order valence-corrected chi connectivity index (χ1v) is 12.6. The molecule has 7 nitrogen and oxygen atoms in total. The van der Waals surface area contributed by atoms with Crippen LogP contribution in [0.1, 0.15) is 74.3 Å². The topological polar surface area (TPSA) is 81.6 Å². The van der Waals surface area contributed by atoms with Gasteiger partial charge in [-0.3, -0.25) is 9.69 Å². The molecule has 1 atom stereocenters. The number of cyclic esters (lactones) is 1. The Morgan fingerprint density at radius 2 is 1.94 bits per heavy atom. The van der Waals surface area contributed by atoms with E-state index in [0.29, 0.717) is 28.7 Å². The zero-order valence-corrected chi connectivity index (χ0v) is 21.0. The van der Waals surface area contributed by atoms with E-state index >= 15 is 0 Å². The average molecular weight is 482 g/mol. The van der Waals surface area contributed by atoms with Gasteiger partial charge >= 0.3 is 5.97 Å². The van der Waals surface area contributed by atoms with Crippen LogP contribution in [0.2, 0.25) is 0 Å².